The lowest BCUT2D eigenvalue weighted by Crippen LogP contribution is -2.44. The van der Waals surface area contributed by atoms with Gasteiger partial charge in [-0.3, -0.25) is 24.4 Å². The summed E-state index contributed by atoms with van der Waals surface area (Å²) in [7, 11) is 0. The highest BCUT2D eigenvalue weighted by atomic mass is 19.3. The Bertz CT molecular complexity index is 1260. The van der Waals surface area contributed by atoms with Crippen LogP contribution in [0, 0.1) is 0 Å². The number of amides is 4. The number of imide groups is 1. The molecule has 3 aromatic rings. The summed E-state index contributed by atoms with van der Waals surface area (Å²) in [4.78, 5) is 44.4. The van der Waals surface area contributed by atoms with Gasteiger partial charge in [0.15, 0.2) is 0 Å². The number of aromatic nitrogens is 3. The molecule has 4 rings (SSSR count). The van der Waals surface area contributed by atoms with Crippen molar-refractivity contribution in [2.45, 2.75) is 39.3 Å². The maximum absolute atomic E-state index is 13.2. The number of halogens is 2. The molecular formula is C22H20F2N6O4. The van der Waals surface area contributed by atoms with Gasteiger partial charge in [0, 0.05) is 24.5 Å². The largest absolute Gasteiger partial charge is 0.415 e. The van der Waals surface area contributed by atoms with Crippen molar-refractivity contribution in [1.29, 1.82) is 0 Å². The highest BCUT2D eigenvalue weighted by Crippen LogP contribution is 2.35. The SMILES string of the molecule is CC(=O)Nc1cccc(N2C(=O)N(Cc3ccc(-c4nnc(C(F)F)o4)cn3)C(=O)C2(C)C)c1. The van der Waals surface area contributed by atoms with Gasteiger partial charge in [0.2, 0.25) is 11.8 Å². The average Bonchev–Trinajstić information content (AvgIpc) is 3.33. The standard InChI is InChI=1S/C22H20F2N6O4/c1-12(31)26-14-5-4-6-16(9-14)30-21(33)29(20(32)22(30,2)3)11-15-8-7-13(10-25-15)18-27-28-19(34-18)17(23)24/h4-10,17H,11H2,1-3H3,(H,26,31). The summed E-state index contributed by atoms with van der Waals surface area (Å²) >= 11 is 0. The smallest absolute Gasteiger partial charge is 0.332 e. The number of hydrogen-bond donors (Lipinski definition) is 1. The van der Waals surface area contributed by atoms with Gasteiger partial charge in [-0.25, -0.2) is 4.79 Å². The molecule has 1 aliphatic rings. The number of carbonyl (C=O) groups excluding carboxylic acids is 3. The van der Waals surface area contributed by atoms with E-state index in [0.717, 1.165) is 4.90 Å². The fraction of sp³-hybridized carbons (Fsp3) is 0.273. The lowest BCUT2D eigenvalue weighted by Gasteiger charge is -2.28. The zero-order valence-electron chi connectivity index (χ0n) is 18.5. The van der Waals surface area contributed by atoms with Crippen molar-refractivity contribution in [3.63, 3.8) is 0 Å². The Hall–Kier alpha value is -4.22. The molecule has 0 saturated carbocycles. The molecule has 1 aromatic carbocycles. The predicted octanol–water partition coefficient (Wildman–Crippen LogP) is 3.78. The number of nitrogens with one attached hydrogen (secondary N) is 1. The Labute approximate surface area is 192 Å². The Balaban J connectivity index is 1.55. The summed E-state index contributed by atoms with van der Waals surface area (Å²) in [6, 6.07) is 9.16. The number of hydrogen-bond acceptors (Lipinski definition) is 7. The maximum Gasteiger partial charge on any atom is 0.332 e. The molecule has 0 radical (unpaired) electrons. The molecule has 0 unspecified atom stereocenters. The molecule has 176 valence electrons. The predicted molar refractivity (Wildman–Crippen MR) is 116 cm³/mol. The van der Waals surface area contributed by atoms with Gasteiger partial charge in [-0.05, 0) is 44.2 Å². The van der Waals surface area contributed by atoms with Crippen molar-refractivity contribution in [3.05, 3.63) is 54.2 Å². The second-order valence-corrected chi connectivity index (χ2v) is 8.08. The molecule has 1 N–H and O–H groups in total. The molecule has 1 aliphatic heterocycles. The molecule has 1 fully saturated rings. The van der Waals surface area contributed by atoms with E-state index < -0.39 is 29.8 Å². The quantitative estimate of drug-likeness (QED) is 0.544. The Morgan fingerprint density at radius 3 is 2.56 bits per heavy atom. The third kappa shape index (κ3) is 4.21. The number of benzene rings is 1. The zero-order valence-corrected chi connectivity index (χ0v) is 18.5. The zero-order chi connectivity index (χ0) is 24.6. The molecule has 2 aromatic heterocycles. The van der Waals surface area contributed by atoms with E-state index in [1.807, 2.05) is 0 Å². The van der Waals surface area contributed by atoms with E-state index in [9.17, 15) is 23.2 Å². The maximum atomic E-state index is 13.2. The van der Waals surface area contributed by atoms with E-state index in [4.69, 9.17) is 4.42 Å². The molecule has 3 heterocycles. The Morgan fingerprint density at radius 2 is 1.94 bits per heavy atom. The molecule has 0 spiro atoms. The van der Waals surface area contributed by atoms with Gasteiger partial charge in [-0.1, -0.05) is 6.07 Å². The molecular weight excluding hydrogens is 450 g/mol. The molecule has 10 nitrogen and oxygen atoms in total. The molecule has 0 bridgehead atoms. The normalized spacial score (nSPS) is 15.4. The van der Waals surface area contributed by atoms with Crippen LogP contribution in [0.15, 0.2) is 47.0 Å². The van der Waals surface area contributed by atoms with Crippen LogP contribution in [-0.4, -0.2) is 43.5 Å². The molecule has 1 saturated heterocycles. The van der Waals surface area contributed by atoms with Gasteiger partial charge < -0.3 is 9.73 Å². The molecule has 12 heteroatoms. The Morgan fingerprint density at radius 1 is 1.18 bits per heavy atom. The lowest BCUT2D eigenvalue weighted by molar-refractivity contribution is -0.130. The van der Waals surface area contributed by atoms with Gasteiger partial charge >= 0.3 is 12.5 Å². The van der Waals surface area contributed by atoms with Gasteiger partial charge in [0.25, 0.3) is 11.8 Å². The number of urea groups is 1. The van der Waals surface area contributed by atoms with E-state index in [1.54, 1.807) is 38.1 Å². The average molecular weight is 470 g/mol. The topological polar surface area (TPSA) is 122 Å². The van der Waals surface area contributed by atoms with Crippen molar-refractivity contribution < 1.29 is 27.6 Å². The van der Waals surface area contributed by atoms with Crippen LogP contribution in [0.3, 0.4) is 0 Å². The fourth-order valence-electron chi connectivity index (χ4n) is 3.62. The first-order valence-electron chi connectivity index (χ1n) is 10.2. The second-order valence-electron chi connectivity index (χ2n) is 8.08. The van der Waals surface area contributed by atoms with Gasteiger partial charge in [0.1, 0.15) is 5.54 Å². The van der Waals surface area contributed by atoms with Crippen molar-refractivity contribution in [2.75, 3.05) is 10.2 Å². The number of nitrogens with zero attached hydrogens (tertiary/aromatic N) is 5. The first kappa shape index (κ1) is 23.0. The van der Waals surface area contributed by atoms with Gasteiger partial charge in [0.05, 0.1) is 17.8 Å². The fourth-order valence-corrected chi connectivity index (χ4v) is 3.62. The highest BCUT2D eigenvalue weighted by Gasteiger charge is 2.52. The first-order valence-corrected chi connectivity index (χ1v) is 10.2. The van der Waals surface area contributed by atoms with E-state index >= 15 is 0 Å². The number of rotatable bonds is 6. The second kappa shape index (κ2) is 8.61. The Kier molecular flexibility index (Phi) is 5.82. The van der Waals surface area contributed by atoms with Crippen LogP contribution in [0.4, 0.5) is 25.0 Å². The molecule has 34 heavy (non-hydrogen) atoms. The summed E-state index contributed by atoms with van der Waals surface area (Å²) < 4.78 is 30.2. The van der Waals surface area contributed by atoms with Crippen LogP contribution < -0.4 is 10.2 Å². The van der Waals surface area contributed by atoms with Crippen LogP contribution in [-0.2, 0) is 16.1 Å². The number of anilines is 2. The van der Waals surface area contributed by atoms with E-state index in [-0.39, 0.29) is 18.3 Å². The van der Waals surface area contributed by atoms with E-state index in [2.05, 4.69) is 20.5 Å². The summed E-state index contributed by atoms with van der Waals surface area (Å²) in [6.45, 7) is 4.53. The summed E-state index contributed by atoms with van der Waals surface area (Å²) in [5.74, 6) is -1.60. The minimum atomic E-state index is -2.88. The van der Waals surface area contributed by atoms with Crippen LogP contribution in [0.5, 0.6) is 0 Å². The van der Waals surface area contributed by atoms with Crippen LogP contribution in [0.2, 0.25) is 0 Å². The molecule has 0 atom stereocenters. The van der Waals surface area contributed by atoms with Gasteiger partial charge in [-0.2, -0.15) is 8.78 Å². The summed E-state index contributed by atoms with van der Waals surface area (Å²) in [6.07, 6.45) is -1.55. The van der Waals surface area contributed by atoms with Crippen molar-refractivity contribution in [1.82, 2.24) is 20.1 Å². The van der Waals surface area contributed by atoms with Crippen molar-refractivity contribution in [2.24, 2.45) is 0 Å². The number of alkyl halides is 2. The van der Waals surface area contributed by atoms with Crippen LogP contribution >= 0.6 is 0 Å². The van der Waals surface area contributed by atoms with E-state index in [0.29, 0.717) is 22.6 Å². The van der Waals surface area contributed by atoms with Crippen LogP contribution in [0.25, 0.3) is 11.5 Å². The lowest BCUT2D eigenvalue weighted by atomic mass is 10.0. The first-order chi connectivity index (χ1) is 16.1. The van der Waals surface area contributed by atoms with Crippen molar-refractivity contribution in [3.8, 4) is 11.5 Å². The summed E-state index contributed by atoms with van der Waals surface area (Å²) in [5.41, 5.74) is 0.475. The van der Waals surface area contributed by atoms with Gasteiger partial charge in [-0.15, -0.1) is 10.2 Å². The molecule has 4 amide bonds. The summed E-state index contributed by atoms with van der Waals surface area (Å²) in [5, 5.41) is 9.49. The van der Waals surface area contributed by atoms with Crippen LogP contribution in [0.1, 0.15) is 38.8 Å². The minimum Gasteiger partial charge on any atom is -0.415 e. The van der Waals surface area contributed by atoms with Crippen molar-refractivity contribution >= 4 is 29.2 Å². The number of carbonyl (C=O) groups is 3. The highest BCUT2D eigenvalue weighted by molar-refractivity contribution is 6.16. The minimum absolute atomic E-state index is 0.102. The number of pyridine rings is 1. The third-order valence-electron chi connectivity index (χ3n) is 5.19. The molecule has 0 aliphatic carbocycles. The third-order valence-corrected chi connectivity index (χ3v) is 5.19. The monoisotopic (exact) mass is 470 g/mol. The van der Waals surface area contributed by atoms with E-state index in [1.165, 1.54) is 30.2 Å².